The van der Waals surface area contributed by atoms with E-state index in [1.54, 1.807) is 24.7 Å². The van der Waals surface area contributed by atoms with Crippen molar-refractivity contribution in [1.82, 2.24) is 19.9 Å². The highest BCUT2D eigenvalue weighted by Crippen LogP contribution is 2.26. The van der Waals surface area contributed by atoms with Gasteiger partial charge in [-0.1, -0.05) is 31.5 Å². The molecule has 2 N–H and O–H groups in total. The van der Waals surface area contributed by atoms with Gasteiger partial charge in [0.15, 0.2) is 5.82 Å². The van der Waals surface area contributed by atoms with Crippen molar-refractivity contribution >= 4 is 52.5 Å². The van der Waals surface area contributed by atoms with Crippen LogP contribution in [-0.4, -0.2) is 27.0 Å². The highest BCUT2D eigenvalue weighted by molar-refractivity contribution is 6.30. The number of halogens is 2. The maximum atomic E-state index is 12.5. The second-order valence-corrected chi connectivity index (χ2v) is 6.75. The summed E-state index contributed by atoms with van der Waals surface area (Å²) in [4.78, 5) is 21.3. The zero-order valence-corrected chi connectivity index (χ0v) is 16.4. The Bertz CT molecular complexity index is 923. The molecule has 0 saturated heterocycles. The lowest BCUT2D eigenvalue weighted by atomic mass is 10.2. The first-order valence-electron chi connectivity index (χ1n) is 8.06. The Morgan fingerprint density at radius 2 is 2.08 bits per heavy atom. The number of nitrogens with zero attached hydrogens (tertiary/aromatic N) is 3. The molecule has 0 aliphatic heterocycles. The van der Waals surface area contributed by atoms with Gasteiger partial charge in [-0.2, -0.15) is 0 Å². The lowest BCUT2D eigenvalue weighted by Crippen LogP contribution is -2.28. The molecule has 0 radical (unpaired) electrons. The van der Waals surface area contributed by atoms with E-state index in [4.69, 9.17) is 11.6 Å². The van der Waals surface area contributed by atoms with Gasteiger partial charge in [0, 0.05) is 30.5 Å². The number of carbonyl (C=O) groups excluding carboxylic acids is 1. The molecular formula is C18H21Cl2N5O. The first-order chi connectivity index (χ1) is 12.0. The smallest absolute Gasteiger partial charge is 0.255 e. The Morgan fingerprint density at radius 3 is 2.77 bits per heavy atom. The number of anilines is 2. The molecule has 8 heteroatoms. The van der Waals surface area contributed by atoms with Gasteiger partial charge < -0.3 is 15.2 Å². The number of amides is 1. The molecule has 3 aromatic rings. The SMILES string of the molecule is CC(C)CNC(=O)c1cnc(Nc2cccc(Cl)c2)c2ncn(C)c12.Cl. The van der Waals surface area contributed by atoms with E-state index >= 15 is 0 Å². The van der Waals surface area contributed by atoms with Gasteiger partial charge in [-0.15, -0.1) is 12.4 Å². The molecular weight excluding hydrogens is 373 g/mol. The maximum Gasteiger partial charge on any atom is 0.255 e. The number of rotatable bonds is 5. The summed E-state index contributed by atoms with van der Waals surface area (Å²) in [6.07, 6.45) is 3.25. The van der Waals surface area contributed by atoms with Crippen LogP contribution in [0.5, 0.6) is 0 Å². The number of hydrogen-bond acceptors (Lipinski definition) is 4. The number of nitrogens with one attached hydrogen (secondary N) is 2. The van der Waals surface area contributed by atoms with Crippen LogP contribution in [0.4, 0.5) is 11.5 Å². The molecule has 0 bridgehead atoms. The highest BCUT2D eigenvalue weighted by atomic mass is 35.5. The Labute approximate surface area is 163 Å². The Hall–Kier alpha value is -2.31. The van der Waals surface area contributed by atoms with Crippen LogP contribution in [-0.2, 0) is 7.05 Å². The van der Waals surface area contributed by atoms with E-state index in [9.17, 15) is 4.79 Å². The molecule has 0 aliphatic carbocycles. The Balaban J connectivity index is 0.00000243. The third kappa shape index (κ3) is 4.26. The van der Waals surface area contributed by atoms with E-state index in [-0.39, 0.29) is 18.3 Å². The molecule has 0 unspecified atom stereocenters. The zero-order valence-electron chi connectivity index (χ0n) is 14.8. The average molecular weight is 394 g/mol. The Kier molecular flexibility index (Phi) is 6.45. The van der Waals surface area contributed by atoms with E-state index in [0.717, 1.165) is 11.2 Å². The first-order valence-corrected chi connectivity index (χ1v) is 8.44. The molecule has 2 aromatic heterocycles. The molecule has 0 atom stereocenters. The fourth-order valence-electron chi connectivity index (χ4n) is 2.53. The largest absolute Gasteiger partial charge is 0.352 e. The second kappa shape index (κ2) is 8.38. The summed E-state index contributed by atoms with van der Waals surface area (Å²) < 4.78 is 1.82. The van der Waals surface area contributed by atoms with Crippen molar-refractivity contribution in [2.75, 3.05) is 11.9 Å². The third-order valence-corrected chi connectivity index (χ3v) is 3.98. The summed E-state index contributed by atoms with van der Waals surface area (Å²) >= 11 is 6.03. The summed E-state index contributed by atoms with van der Waals surface area (Å²) in [7, 11) is 1.86. The lowest BCUT2D eigenvalue weighted by Gasteiger charge is -2.11. The monoisotopic (exact) mass is 393 g/mol. The summed E-state index contributed by atoms with van der Waals surface area (Å²) in [5, 5.41) is 6.77. The fourth-order valence-corrected chi connectivity index (χ4v) is 2.72. The van der Waals surface area contributed by atoms with Gasteiger partial charge in [0.2, 0.25) is 0 Å². The normalized spacial score (nSPS) is 10.7. The average Bonchev–Trinajstić information content (AvgIpc) is 2.96. The predicted molar refractivity (Wildman–Crippen MR) is 108 cm³/mol. The maximum absolute atomic E-state index is 12.5. The van der Waals surface area contributed by atoms with Gasteiger partial charge in [-0.3, -0.25) is 4.79 Å². The van der Waals surface area contributed by atoms with Crippen LogP contribution in [0.25, 0.3) is 11.0 Å². The number of aromatic nitrogens is 3. The van der Waals surface area contributed by atoms with Crippen molar-refractivity contribution in [2.45, 2.75) is 13.8 Å². The standard InChI is InChI=1S/C18H20ClN5O.ClH/c1-11(2)8-21-18(25)14-9-20-17(15-16(14)24(3)10-22-15)23-13-6-4-5-12(19)7-13;/h4-7,9-11H,8H2,1-3H3,(H,20,23)(H,21,25);1H. The molecule has 3 rings (SSSR count). The number of benzene rings is 1. The molecule has 0 spiro atoms. The van der Waals surface area contributed by atoms with Gasteiger partial charge in [0.05, 0.1) is 17.4 Å². The number of hydrogen-bond donors (Lipinski definition) is 2. The summed E-state index contributed by atoms with van der Waals surface area (Å²) in [5.74, 6) is 0.810. The van der Waals surface area contributed by atoms with Crippen molar-refractivity contribution in [3.05, 3.63) is 47.4 Å². The van der Waals surface area contributed by atoms with Crippen LogP contribution < -0.4 is 10.6 Å². The van der Waals surface area contributed by atoms with Crippen LogP contribution in [0.15, 0.2) is 36.8 Å². The van der Waals surface area contributed by atoms with Crippen LogP contribution in [0, 0.1) is 5.92 Å². The third-order valence-electron chi connectivity index (χ3n) is 3.74. The molecule has 138 valence electrons. The van der Waals surface area contributed by atoms with E-state index in [0.29, 0.717) is 34.4 Å². The summed E-state index contributed by atoms with van der Waals surface area (Å²) in [5.41, 5.74) is 2.69. The van der Waals surface area contributed by atoms with Gasteiger partial charge >= 0.3 is 0 Å². The molecule has 1 amide bonds. The Morgan fingerprint density at radius 1 is 1.31 bits per heavy atom. The summed E-state index contributed by atoms with van der Waals surface area (Å²) in [6, 6.07) is 7.36. The lowest BCUT2D eigenvalue weighted by molar-refractivity contribution is 0.0950. The minimum atomic E-state index is -0.149. The van der Waals surface area contributed by atoms with E-state index in [1.165, 1.54) is 0 Å². The van der Waals surface area contributed by atoms with Crippen molar-refractivity contribution in [3.63, 3.8) is 0 Å². The van der Waals surface area contributed by atoms with Crippen molar-refractivity contribution in [3.8, 4) is 0 Å². The van der Waals surface area contributed by atoms with Crippen LogP contribution in [0.1, 0.15) is 24.2 Å². The van der Waals surface area contributed by atoms with Crippen molar-refractivity contribution in [1.29, 1.82) is 0 Å². The molecule has 2 heterocycles. The number of aryl methyl sites for hydroxylation is 1. The predicted octanol–water partition coefficient (Wildman–Crippen LogP) is 4.17. The number of carbonyl (C=O) groups is 1. The second-order valence-electron chi connectivity index (χ2n) is 6.31. The molecule has 0 aliphatic rings. The van der Waals surface area contributed by atoms with Crippen molar-refractivity contribution < 1.29 is 4.79 Å². The minimum Gasteiger partial charge on any atom is -0.352 e. The van der Waals surface area contributed by atoms with Crippen LogP contribution >= 0.6 is 24.0 Å². The fraction of sp³-hybridized carbons (Fsp3) is 0.278. The van der Waals surface area contributed by atoms with Gasteiger partial charge in [0.1, 0.15) is 5.52 Å². The molecule has 1 aromatic carbocycles. The first kappa shape index (κ1) is 20.0. The molecule has 6 nitrogen and oxygen atoms in total. The minimum absolute atomic E-state index is 0. The number of pyridine rings is 1. The number of fused-ring (bicyclic) bond motifs is 1. The number of imidazole rings is 1. The van der Waals surface area contributed by atoms with Gasteiger partial charge in [0.25, 0.3) is 5.91 Å². The highest BCUT2D eigenvalue weighted by Gasteiger charge is 2.17. The van der Waals surface area contributed by atoms with Crippen LogP contribution in [0.2, 0.25) is 5.02 Å². The van der Waals surface area contributed by atoms with Gasteiger partial charge in [-0.25, -0.2) is 9.97 Å². The van der Waals surface area contributed by atoms with Gasteiger partial charge in [-0.05, 0) is 24.1 Å². The van der Waals surface area contributed by atoms with Crippen LogP contribution in [0.3, 0.4) is 0 Å². The van der Waals surface area contributed by atoms with Crippen molar-refractivity contribution in [2.24, 2.45) is 13.0 Å². The quantitative estimate of drug-likeness (QED) is 0.681. The van der Waals surface area contributed by atoms with E-state index in [1.807, 2.05) is 23.7 Å². The van der Waals surface area contributed by atoms with E-state index < -0.39 is 0 Å². The summed E-state index contributed by atoms with van der Waals surface area (Å²) in [6.45, 7) is 4.72. The molecule has 0 fully saturated rings. The topological polar surface area (TPSA) is 71.8 Å². The zero-order chi connectivity index (χ0) is 18.0. The molecule has 26 heavy (non-hydrogen) atoms. The van der Waals surface area contributed by atoms with E-state index in [2.05, 4.69) is 34.4 Å². The molecule has 0 saturated carbocycles.